The lowest BCUT2D eigenvalue weighted by Gasteiger charge is -2.32. The van der Waals surface area contributed by atoms with Crippen molar-refractivity contribution in [1.82, 2.24) is 15.5 Å². The molecule has 1 rings (SSSR count). The molecule has 0 aliphatic carbocycles. The monoisotopic (exact) mass is 466 g/mol. The summed E-state index contributed by atoms with van der Waals surface area (Å²) in [6.45, 7) is 18.1. The van der Waals surface area contributed by atoms with E-state index >= 15 is 0 Å². The minimum atomic E-state index is 0. The third-order valence-electron chi connectivity index (χ3n) is 4.47. The van der Waals surface area contributed by atoms with Crippen LogP contribution >= 0.6 is 24.0 Å². The van der Waals surface area contributed by atoms with Crippen molar-refractivity contribution in [3.63, 3.8) is 0 Å². The van der Waals surface area contributed by atoms with E-state index in [0.717, 1.165) is 64.6 Å². The number of rotatable bonds is 10. The van der Waals surface area contributed by atoms with Gasteiger partial charge in [-0.3, -0.25) is 9.89 Å². The summed E-state index contributed by atoms with van der Waals surface area (Å²) < 4.78 is 5.81. The van der Waals surface area contributed by atoms with Gasteiger partial charge in [-0.1, -0.05) is 19.9 Å². The van der Waals surface area contributed by atoms with E-state index in [4.69, 9.17) is 9.73 Å². The molecule has 1 heterocycles. The van der Waals surface area contributed by atoms with Crippen molar-refractivity contribution in [1.29, 1.82) is 0 Å². The molecule has 0 amide bonds. The van der Waals surface area contributed by atoms with E-state index in [-0.39, 0.29) is 24.0 Å². The molecule has 0 aromatic heterocycles. The highest BCUT2D eigenvalue weighted by atomic mass is 127. The van der Waals surface area contributed by atoms with Crippen molar-refractivity contribution >= 4 is 29.9 Å². The number of guanidine groups is 1. The van der Waals surface area contributed by atoms with Gasteiger partial charge in [0.1, 0.15) is 0 Å². The molecule has 6 heteroatoms. The Morgan fingerprint density at radius 1 is 1.32 bits per heavy atom. The van der Waals surface area contributed by atoms with E-state index in [1.807, 2.05) is 6.08 Å². The van der Waals surface area contributed by atoms with Crippen LogP contribution in [0.4, 0.5) is 0 Å². The summed E-state index contributed by atoms with van der Waals surface area (Å²) in [7, 11) is 0. The summed E-state index contributed by atoms with van der Waals surface area (Å²) in [6.07, 6.45) is 5.57. The average molecular weight is 466 g/mol. The van der Waals surface area contributed by atoms with Crippen molar-refractivity contribution in [2.24, 2.45) is 10.9 Å². The number of hydrogen-bond acceptors (Lipinski definition) is 3. The molecule has 2 N–H and O–H groups in total. The van der Waals surface area contributed by atoms with Gasteiger partial charge in [-0.05, 0) is 39.0 Å². The summed E-state index contributed by atoms with van der Waals surface area (Å²) in [5, 5.41) is 6.97. The molecular formula is C19H39IN4O. The first kappa shape index (κ1) is 24.7. The molecule has 148 valence electrons. The zero-order valence-electron chi connectivity index (χ0n) is 16.6. The summed E-state index contributed by atoms with van der Waals surface area (Å²) in [4.78, 5) is 7.20. The van der Waals surface area contributed by atoms with Gasteiger partial charge in [0.05, 0.1) is 6.10 Å². The van der Waals surface area contributed by atoms with Crippen LogP contribution in [0.5, 0.6) is 0 Å². The Hall–Kier alpha value is -0.340. The molecular weight excluding hydrogens is 427 g/mol. The average Bonchev–Trinajstić information content (AvgIpc) is 2.56. The van der Waals surface area contributed by atoms with Crippen molar-refractivity contribution < 1.29 is 4.74 Å². The van der Waals surface area contributed by atoms with Crippen molar-refractivity contribution in [3.8, 4) is 0 Å². The highest BCUT2D eigenvalue weighted by Gasteiger charge is 2.19. The van der Waals surface area contributed by atoms with Gasteiger partial charge in [0.2, 0.25) is 0 Å². The first-order valence-corrected chi connectivity index (χ1v) is 9.60. The lowest BCUT2D eigenvalue weighted by atomic mass is 10.0. The van der Waals surface area contributed by atoms with Crippen molar-refractivity contribution in [2.45, 2.75) is 59.1 Å². The minimum Gasteiger partial charge on any atom is -0.378 e. The lowest BCUT2D eigenvalue weighted by Crippen LogP contribution is -2.48. The van der Waals surface area contributed by atoms with Crippen molar-refractivity contribution in [3.05, 3.63) is 12.7 Å². The Labute approximate surface area is 172 Å². The largest absolute Gasteiger partial charge is 0.378 e. The topological polar surface area (TPSA) is 48.9 Å². The maximum Gasteiger partial charge on any atom is 0.191 e. The van der Waals surface area contributed by atoms with Gasteiger partial charge in [0.25, 0.3) is 0 Å². The number of hydrogen-bond donors (Lipinski definition) is 2. The Bertz CT molecular complexity index is 368. The highest BCUT2D eigenvalue weighted by molar-refractivity contribution is 14.0. The summed E-state index contributed by atoms with van der Waals surface area (Å²) >= 11 is 0. The van der Waals surface area contributed by atoms with E-state index < -0.39 is 0 Å². The van der Waals surface area contributed by atoms with Gasteiger partial charge < -0.3 is 15.4 Å². The molecule has 0 saturated carbocycles. The summed E-state index contributed by atoms with van der Waals surface area (Å²) in [5.41, 5.74) is 0. The molecule has 0 radical (unpaired) electrons. The zero-order valence-corrected chi connectivity index (χ0v) is 18.9. The normalized spacial score (nSPS) is 17.9. The van der Waals surface area contributed by atoms with Crippen LogP contribution in [0.25, 0.3) is 0 Å². The maximum atomic E-state index is 5.81. The minimum absolute atomic E-state index is 0. The van der Waals surface area contributed by atoms with Gasteiger partial charge >= 0.3 is 0 Å². The molecule has 1 aliphatic heterocycles. The van der Waals surface area contributed by atoms with Crippen LogP contribution in [0, 0.1) is 5.92 Å². The number of likely N-dealkylation sites (tertiary alicyclic amines) is 1. The van der Waals surface area contributed by atoms with Crippen LogP contribution in [0.3, 0.4) is 0 Å². The van der Waals surface area contributed by atoms with Crippen LogP contribution in [0.1, 0.15) is 47.0 Å². The van der Waals surface area contributed by atoms with Crippen molar-refractivity contribution in [2.75, 3.05) is 39.3 Å². The first-order valence-electron chi connectivity index (χ1n) is 9.60. The van der Waals surface area contributed by atoms with Gasteiger partial charge in [0.15, 0.2) is 5.96 Å². The molecule has 1 saturated heterocycles. The molecule has 0 aromatic rings. The Balaban J connectivity index is 0.00000576. The van der Waals surface area contributed by atoms with Gasteiger partial charge in [-0.15, -0.1) is 30.6 Å². The second-order valence-electron chi connectivity index (χ2n) is 6.80. The fourth-order valence-corrected chi connectivity index (χ4v) is 3.08. The standard InChI is InChI=1S/C19H38N4O.HI/c1-6-13-23-14-10-17(11-15-23)22-19(20-7-2)21-12-9-18(16(4)5)24-8-3;/h6,16-18H,1,7-15H2,2-5H3,(H2,20,21,22);1H. The van der Waals surface area contributed by atoms with Crippen LogP contribution < -0.4 is 10.6 Å². The van der Waals surface area contributed by atoms with Crippen LogP contribution in [0.2, 0.25) is 0 Å². The number of ether oxygens (including phenoxy) is 1. The SMILES string of the molecule is C=CCN1CCC(NC(=NCCC(OCC)C(C)C)NCC)CC1.I. The van der Waals surface area contributed by atoms with E-state index in [0.29, 0.717) is 18.1 Å². The summed E-state index contributed by atoms with van der Waals surface area (Å²) in [5.74, 6) is 1.48. The Kier molecular flexibility index (Phi) is 14.6. The predicted molar refractivity (Wildman–Crippen MR) is 119 cm³/mol. The van der Waals surface area contributed by atoms with E-state index in [1.54, 1.807) is 0 Å². The smallest absolute Gasteiger partial charge is 0.191 e. The molecule has 0 aromatic carbocycles. The van der Waals surface area contributed by atoms with Gasteiger partial charge in [-0.2, -0.15) is 0 Å². The Morgan fingerprint density at radius 2 is 2.00 bits per heavy atom. The molecule has 1 atom stereocenters. The molecule has 5 nitrogen and oxygen atoms in total. The number of piperidine rings is 1. The van der Waals surface area contributed by atoms with Crippen LogP contribution in [-0.2, 0) is 4.74 Å². The second kappa shape index (κ2) is 14.8. The predicted octanol–water partition coefficient (Wildman–Crippen LogP) is 3.26. The highest BCUT2D eigenvalue weighted by Crippen LogP contribution is 2.12. The number of halogens is 1. The molecule has 1 fully saturated rings. The van der Waals surface area contributed by atoms with Gasteiger partial charge in [-0.25, -0.2) is 0 Å². The fourth-order valence-electron chi connectivity index (χ4n) is 3.08. The number of nitrogens with zero attached hydrogens (tertiary/aromatic N) is 2. The van der Waals surface area contributed by atoms with Gasteiger partial charge in [0, 0.05) is 45.4 Å². The zero-order chi connectivity index (χ0) is 17.8. The molecule has 0 spiro atoms. The summed E-state index contributed by atoms with van der Waals surface area (Å²) in [6, 6.07) is 0.511. The maximum absolute atomic E-state index is 5.81. The van der Waals surface area contributed by atoms with E-state index in [2.05, 4.69) is 49.8 Å². The Morgan fingerprint density at radius 3 is 2.52 bits per heavy atom. The fraction of sp³-hybridized carbons (Fsp3) is 0.842. The number of aliphatic imine (C=N–C) groups is 1. The second-order valence-corrected chi connectivity index (χ2v) is 6.80. The molecule has 0 bridgehead atoms. The third-order valence-corrected chi connectivity index (χ3v) is 4.47. The number of nitrogens with one attached hydrogen (secondary N) is 2. The van der Waals surface area contributed by atoms with E-state index in [1.165, 1.54) is 0 Å². The van der Waals surface area contributed by atoms with E-state index in [9.17, 15) is 0 Å². The third kappa shape index (κ3) is 10.4. The quantitative estimate of drug-likeness (QED) is 0.225. The molecule has 25 heavy (non-hydrogen) atoms. The first-order chi connectivity index (χ1) is 11.6. The van der Waals surface area contributed by atoms with Crippen LogP contribution in [-0.4, -0.2) is 62.3 Å². The van der Waals surface area contributed by atoms with Crippen LogP contribution in [0.15, 0.2) is 17.6 Å². The lowest BCUT2D eigenvalue weighted by molar-refractivity contribution is 0.0266. The molecule has 1 aliphatic rings. The molecule has 1 unspecified atom stereocenters.